The molecule has 45 heavy (non-hydrogen) atoms. The molecule has 0 unspecified atom stereocenters. The minimum atomic E-state index is 0.880. The van der Waals surface area contributed by atoms with Gasteiger partial charge in [0.1, 0.15) is 22.3 Å². The van der Waals surface area contributed by atoms with E-state index in [0.717, 1.165) is 60.9 Å². The lowest BCUT2D eigenvalue weighted by Crippen LogP contribution is -2.09. The summed E-state index contributed by atoms with van der Waals surface area (Å²) >= 11 is 0. The molecule has 9 aromatic rings. The van der Waals surface area contributed by atoms with Gasteiger partial charge in [-0.1, -0.05) is 103 Å². The molecule has 7 aromatic carbocycles. The molecule has 0 amide bonds. The van der Waals surface area contributed by atoms with Crippen LogP contribution in [0.15, 0.2) is 173 Å². The van der Waals surface area contributed by atoms with Crippen LogP contribution in [0.25, 0.3) is 66.1 Å². The molecule has 0 radical (unpaired) electrons. The predicted octanol–water partition coefficient (Wildman–Crippen LogP) is 12.3. The van der Waals surface area contributed by atoms with Crippen LogP contribution in [-0.4, -0.2) is 0 Å². The van der Waals surface area contributed by atoms with E-state index in [1.54, 1.807) is 0 Å². The van der Waals surface area contributed by atoms with Gasteiger partial charge in [-0.25, -0.2) is 0 Å². The van der Waals surface area contributed by atoms with E-state index in [-0.39, 0.29) is 0 Å². The largest absolute Gasteiger partial charge is 0.456 e. The van der Waals surface area contributed by atoms with E-state index in [1.807, 2.05) is 30.3 Å². The van der Waals surface area contributed by atoms with Crippen LogP contribution in [0.3, 0.4) is 0 Å². The number of hydrogen-bond donors (Lipinski definition) is 0. The Kier molecular flexibility index (Phi) is 5.82. The van der Waals surface area contributed by atoms with Crippen molar-refractivity contribution in [1.29, 1.82) is 0 Å². The Hall–Kier alpha value is -6.06. The average Bonchev–Trinajstić information content (AvgIpc) is 3.67. The van der Waals surface area contributed by atoms with Crippen LogP contribution in [0.2, 0.25) is 0 Å². The number of nitrogens with zero attached hydrogens (tertiary/aromatic N) is 1. The van der Waals surface area contributed by atoms with Crippen LogP contribution in [0, 0.1) is 0 Å². The Labute approximate surface area is 260 Å². The van der Waals surface area contributed by atoms with Gasteiger partial charge in [-0.3, -0.25) is 0 Å². The van der Waals surface area contributed by atoms with E-state index in [2.05, 4.69) is 138 Å². The Morgan fingerprint density at radius 1 is 0.289 bits per heavy atom. The van der Waals surface area contributed by atoms with Gasteiger partial charge in [0.2, 0.25) is 0 Å². The van der Waals surface area contributed by atoms with Gasteiger partial charge in [-0.05, 0) is 82.9 Å². The Balaban J connectivity index is 1.16. The maximum atomic E-state index is 6.16. The maximum absolute atomic E-state index is 6.16. The van der Waals surface area contributed by atoms with Crippen LogP contribution in [0.5, 0.6) is 0 Å². The summed E-state index contributed by atoms with van der Waals surface area (Å²) in [5.74, 6) is 0. The van der Waals surface area contributed by atoms with Crippen molar-refractivity contribution in [2.24, 2.45) is 0 Å². The normalized spacial score (nSPS) is 11.6. The van der Waals surface area contributed by atoms with Crippen LogP contribution in [-0.2, 0) is 0 Å². The molecule has 0 fully saturated rings. The van der Waals surface area contributed by atoms with E-state index in [0.29, 0.717) is 0 Å². The molecule has 0 spiro atoms. The topological polar surface area (TPSA) is 29.5 Å². The fraction of sp³-hybridized carbons (Fsp3) is 0. The van der Waals surface area contributed by atoms with Crippen LogP contribution >= 0.6 is 0 Å². The fourth-order valence-electron chi connectivity index (χ4n) is 6.44. The molecule has 0 aliphatic rings. The molecule has 3 heteroatoms. The summed E-state index contributed by atoms with van der Waals surface area (Å²) in [5, 5.41) is 4.41. The standard InChI is InChI=1S/C42H27NO2/c1-2-8-28(9-3-1)29-14-16-30(17-15-29)31-18-20-32(21-19-31)43(33-22-24-41-37(26-33)35-10-4-6-12-39(35)44-41)34-23-25-42-38(27-34)36-11-5-7-13-40(36)45-42/h1-27H. The summed E-state index contributed by atoms with van der Waals surface area (Å²) in [7, 11) is 0. The highest BCUT2D eigenvalue weighted by molar-refractivity contribution is 6.08. The van der Waals surface area contributed by atoms with E-state index in [1.165, 1.54) is 22.3 Å². The van der Waals surface area contributed by atoms with Crippen molar-refractivity contribution in [3.63, 3.8) is 0 Å². The molecule has 0 saturated carbocycles. The van der Waals surface area contributed by atoms with Crippen LogP contribution in [0.1, 0.15) is 0 Å². The third-order valence-corrected chi connectivity index (χ3v) is 8.69. The van der Waals surface area contributed by atoms with E-state index >= 15 is 0 Å². The van der Waals surface area contributed by atoms with Crippen molar-refractivity contribution in [2.45, 2.75) is 0 Å². The minimum absolute atomic E-state index is 0.880. The van der Waals surface area contributed by atoms with Crippen LogP contribution < -0.4 is 4.90 Å². The fourth-order valence-corrected chi connectivity index (χ4v) is 6.44. The zero-order valence-electron chi connectivity index (χ0n) is 24.4. The Bertz CT molecular complexity index is 2350. The Morgan fingerprint density at radius 2 is 0.667 bits per heavy atom. The van der Waals surface area contributed by atoms with Crippen molar-refractivity contribution in [3.8, 4) is 22.3 Å². The predicted molar refractivity (Wildman–Crippen MR) is 187 cm³/mol. The number of fused-ring (bicyclic) bond motifs is 6. The first-order valence-electron chi connectivity index (χ1n) is 15.2. The summed E-state index contributed by atoms with van der Waals surface area (Å²) in [6.45, 7) is 0. The second-order valence-corrected chi connectivity index (χ2v) is 11.4. The number of benzene rings is 7. The zero-order valence-corrected chi connectivity index (χ0v) is 24.4. The van der Waals surface area contributed by atoms with Crippen LogP contribution in [0.4, 0.5) is 17.1 Å². The third-order valence-electron chi connectivity index (χ3n) is 8.69. The average molecular weight is 578 g/mol. The third kappa shape index (κ3) is 4.37. The summed E-state index contributed by atoms with van der Waals surface area (Å²) < 4.78 is 12.3. The first kappa shape index (κ1) is 25.4. The Morgan fingerprint density at radius 3 is 1.18 bits per heavy atom. The zero-order chi connectivity index (χ0) is 29.7. The number of hydrogen-bond acceptors (Lipinski definition) is 3. The highest BCUT2D eigenvalue weighted by Crippen LogP contribution is 2.41. The van der Waals surface area contributed by atoms with Crippen molar-refractivity contribution < 1.29 is 8.83 Å². The van der Waals surface area contributed by atoms with Gasteiger partial charge in [-0.2, -0.15) is 0 Å². The summed E-state index contributed by atoms with van der Waals surface area (Å²) in [6, 6.07) is 57.4. The SMILES string of the molecule is c1ccc(-c2ccc(-c3ccc(N(c4ccc5oc6ccccc6c5c4)c4ccc5oc6ccccc6c5c4)cc3)cc2)cc1. The van der Waals surface area contributed by atoms with Crippen molar-refractivity contribution >= 4 is 60.9 Å². The first-order chi connectivity index (χ1) is 22.3. The van der Waals surface area contributed by atoms with Gasteiger partial charge >= 0.3 is 0 Å². The smallest absolute Gasteiger partial charge is 0.135 e. The van der Waals surface area contributed by atoms with Crippen molar-refractivity contribution in [2.75, 3.05) is 4.90 Å². The van der Waals surface area contributed by atoms with Crippen molar-refractivity contribution in [1.82, 2.24) is 0 Å². The quantitative estimate of drug-likeness (QED) is 0.204. The van der Waals surface area contributed by atoms with Gasteiger partial charge < -0.3 is 13.7 Å². The number of anilines is 3. The first-order valence-corrected chi connectivity index (χ1v) is 15.2. The van der Waals surface area contributed by atoms with Gasteiger partial charge in [-0.15, -0.1) is 0 Å². The molecule has 0 aliphatic carbocycles. The molecule has 0 saturated heterocycles. The summed E-state index contributed by atoms with van der Waals surface area (Å²) in [4.78, 5) is 2.31. The lowest BCUT2D eigenvalue weighted by molar-refractivity contribution is 0.668. The molecule has 0 atom stereocenters. The molecule has 9 rings (SSSR count). The maximum Gasteiger partial charge on any atom is 0.135 e. The van der Waals surface area contributed by atoms with Gasteiger partial charge in [0, 0.05) is 38.6 Å². The van der Waals surface area contributed by atoms with Gasteiger partial charge in [0.05, 0.1) is 0 Å². The summed E-state index contributed by atoms with van der Waals surface area (Å²) in [6.07, 6.45) is 0. The van der Waals surface area contributed by atoms with Gasteiger partial charge in [0.25, 0.3) is 0 Å². The molecule has 0 N–H and O–H groups in total. The lowest BCUT2D eigenvalue weighted by atomic mass is 10.00. The molecule has 0 aliphatic heterocycles. The highest BCUT2D eigenvalue weighted by atomic mass is 16.3. The lowest BCUT2D eigenvalue weighted by Gasteiger charge is -2.26. The van der Waals surface area contributed by atoms with E-state index < -0.39 is 0 Å². The number of rotatable bonds is 5. The number of para-hydroxylation sites is 2. The molecule has 212 valence electrons. The summed E-state index contributed by atoms with van der Waals surface area (Å²) in [5.41, 5.74) is 11.5. The second-order valence-electron chi connectivity index (χ2n) is 11.4. The number of furan rings is 2. The second kappa shape index (κ2) is 10.3. The minimum Gasteiger partial charge on any atom is -0.456 e. The molecule has 3 nitrogen and oxygen atoms in total. The molecular formula is C42H27NO2. The van der Waals surface area contributed by atoms with Gasteiger partial charge in [0.15, 0.2) is 0 Å². The van der Waals surface area contributed by atoms with E-state index in [4.69, 9.17) is 8.83 Å². The highest BCUT2D eigenvalue weighted by Gasteiger charge is 2.17. The monoisotopic (exact) mass is 577 g/mol. The molecule has 2 heterocycles. The van der Waals surface area contributed by atoms with E-state index in [9.17, 15) is 0 Å². The van der Waals surface area contributed by atoms with Crippen molar-refractivity contribution in [3.05, 3.63) is 164 Å². The molecule has 0 bridgehead atoms. The molecule has 2 aromatic heterocycles. The molecular weight excluding hydrogens is 550 g/mol.